The number of hydrogen-bond donors (Lipinski definition) is 0. The Bertz CT molecular complexity index is 490. The van der Waals surface area contributed by atoms with Gasteiger partial charge >= 0.3 is 5.97 Å². The third kappa shape index (κ3) is 1.96. The minimum atomic E-state index is -0.366. The molecule has 76 valence electrons. The molecule has 0 spiro atoms. The third-order valence-electron chi connectivity index (χ3n) is 2.22. The number of esters is 1. The second-order valence-electron chi connectivity index (χ2n) is 3.33. The smallest absolute Gasteiger partial charge is 0.302 e. The maximum atomic E-state index is 11.4. The van der Waals surface area contributed by atoms with Gasteiger partial charge in [0.05, 0.1) is 0 Å². The van der Waals surface area contributed by atoms with Crippen LogP contribution in [-0.4, -0.2) is 5.97 Å². The SMILES string of the molecule is CC(=O)OCc1c(-c2ccccc2)c1=O. The quantitative estimate of drug-likeness (QED) is 0.711. The minimum absolute atomic E-state index is 0.00227. The van der Waals surface area contributed by atoms with Crippen LogP contribution in [0.15, 0.2) is 35.1 Å². The highest BCUT2D eigenvalue weighted by Crippen LogP contribution is 2.25. The summed E-state index contributed by atoms with van der Waals surface area (Å²) in [7, 11) is 0. The molecule has 0 aliphatic heterocycles. The molecule has 0 radical (unpaired) electrons. The average Bonchev–Trinajstić information content (AvgIpc) is 2.87. The van der Waals surface area contributed by atoms with Gasteiger partial charge in [0.1, 0.15) is 6.61 Å². The van der Waals surface area contributed by atoms with Crippen molar-refractivity contribution in [3.63, 3.8) is 0 Å². The predicted octanol–water partition coefficient (Wildman–Crippen LogP) is 1.65. The van der Waals surface area contributed by atoms with Gasteiger partial charge in [-0.1, -0.05) is 30.3 Å². The largest absolute Gasteiger partial charge is 0.461 e. The summed E-state index contributed by atoms with van der Waals surface area (Å²) in [4.78, 5) is 21.9. The first-order valence-corrected chi connectivity index (χ1v) is 4.67. The van der Waals surface area contributed by atoms with E-state index in [0.717, 1.165) is 5.56 Å². The summed E-state index contributed by atoms with van der Waals surface area (Å²) >= 11 is 0. The second kappa shape index (κ2) is 3.69. The molecule has 0 amide bonds. The monoisotopic (exact) mass is 202 g/mol. The summed E-state index contributed by atoms with van der Waals surface area (Å²) in [6.45, 7) is 1.42. The van der Waals surface area contributed by atoms with E-state index in [9.17, 15) is 9.59 Å². The lowest BCUT2D eigenvalue weighted by molar-refractivity contribution is -0.142. The molecule has 3 nitrogen and oxygen atoms in total. The standard InChI is InChI=1S/C12H10O3/c1-8(13)15-7-10-11(12(10)14)9-5-3-2-4-6-9/h2-6H,7H2,1H3. The molecule has 0 aromatic heterocycles. The van der Waals surface area contributed by atoms with Crippen LogP contribution >= 0.6 is 0 Å². The molecule has 0 unspecified atom stereocenters. The lowest BCUT2D eigenvalue weighted by atomic mass is 10.2. The van der Waals surface area contributed by atoms with E-state index >= 15 is 0 Å². The molecular formula is C12H10O3. The molecule has 0 N–H and O–H groups in total. The molecule has 3 heteroatoms. The van der Waals surface area contributed by atoms with Crippen molar-refractivity contribution in [3.05, 3.63) is 46.1 Å². The number of hydrogen-bond acceptors (Lipinski definition) is 3. The fourth-order valence-corrected chi connectivity index (χ4v) is 1.43. The van der Waals surface area contributed by atoms with Crippen LogP contribution in [0.3, 0.4) is 0 Å². The summed E-state index contributed by atoms with van der Waals surface area (Å²) in [6.07, 6.45) is 0. The molecule has 2 rings (SSSR count). The highest BCUT2D eigenvalue weighted by atomic mass is 16.5. The maximum absolute atomic E-state index is 11.4. The van der Waals surface area contributed by atoms with Crippen molar-refractivity contribution in [1.82, 2.24) is 0 Å². The Morgan fingerprint density at radius 3 is 2.53 bits per heavy atom. The summed E-state index contributed by atoms with van der Waals surface area (Å²) < 4.78 is 4.77. The first-order valence-electron chi connectivity index (χ1n) is 4.67. The molecule has 2 aromatic rings. The van der Waals surface area contributed by atoms with Crippen molar-refractivity contribution in [3.8, 4) is 11.1 Å². The Hall–Kier alpha value is -1.90. The van der Waals surface area contributed by atoms with E-state index < -0.39 is 0 Å². The third-order valence-corrected chi connectivity index (χ3v) is 2.22. The zero-order valence-electron chi connectivity index (χ0n) is 8.32. The number of carbonyl (C=O) groups is 1. The highest BCUT2D eigenvalue weighted by Gasteiger charge is 2.23. The first-order chi connectivity index (χ1) is 7.20. The van der Waals surface area contributed by atoms with Crippen molar-refractivity contribution in [1.29, 1.82) is 0 Å². The van der Waals surface area contributed by atoms with E-state index in [1.165, 1.54) is 6.92 Å². The van der Waals surface area contributed by atoms with Crippen molar-refractivity contribution in [2.24, 2.45) is 0 Å². The number of benzene rings is 1. The van der Waals surface area contributed by atoms with Crippen LogP contribution in [-0.2, 0) is 16.1 Å². The van der Waals surface area contributed by atoms with Crippen LogP contribution in [0, 0.1) is 0 Å². The van der Waals surface area contributed by atoms with Crippen LogP contribution < -0.4 is 5.43 Å². The molecule has 2 aromatic carbocycles. The van der Waals surface area contributed by atoms with Gasteiger partial charge in [-0.3, -0.25) is 9.59 Å². The molecule has 0 bridgehead atoms. The van der Waals surface area contributed by atoms with E-state index in [1.54, 1.807) is 0 Å². The Labute approximate surface area is 87.0 Å². The van der Waals surface area contributed by atoms with Gasteiger partial charge < -0.3 is 4.74 Å². The Kier molecular flexibility index (Phi) is 2.37. The average molecular weight is 202 g/mol. The first kappa shape index (κ1) is 9.65. The minimum Gasteiger partial charge on any atom is -0.461 e. The summed E-state index contributed by atoms with van der Waals surface area (Å²) in [6, 6.07) is 9.37. The fourth-order valence-electron chi connectivity index (χ4n) is 1.43. The van der Waals surface area contributed by atoms with Crippen molar-refractivity contribution in [2.45, 2.75) is 13.5 Å². The second-order valence-corrected chi connectivity index (χ2v) is 3.33. The summed E-state index contributed by atoms with van der Waals surface area (Å²) in [5.41, 5.74) is 2.19. The zero-order valence-corrected chi connectivity index (χ0v) is 8.32. The van der Waals surface area contributed by atoms with E-state index in [4.69, 9.17) is 4.74 Å². The summed E-state index contributed by atoms with van der Waals surface area (Å²) in [5.74, 6) is -0.366. The highest BCUT2D eigenvalue weighted by molar-refractivity contribution is 5.76. The molecule has 0 saturated carbocycles. The lowest BCUT2D eigenvalue weighted by Gasteiger charge is -1.94. The molecule has 0 fully saturated rings. The molecule has 15 heavy (non-hydrogen) atoms. The van der Waals surface area contributed by atoms with Crippen molar-refractivity contribution >= 4 is 5.97 Å². The van der Waals surface area contributed by atoms with Gasteiger partial charge in [-0.05, 0) is 5.56 Å². The zero-order chi connectivity index (χ0) is 10.8. The van der Waals surface area contributed by atoms with Crippen LogP contribution in [0.25, 0.3) is 11.1 Å². The summed E-state index contributed by atoms with van der Waals surface area (Å²) in [5, 5.41) is 0. The Morgan fingerprint density at radius 2 is 1.93 bits per heavy atom. The molecule has 0 saturated heterocycles. The molecular weight excluding hydrogens is 192 g/mol. The number of ether oxygens (including phenoxy) is 1. The van der Waals surface area contributed by atoms with Gasteiger partial charge in [-0.15, -0.1) is 0 Å². The van der Waals surface area contributed by atoms with E-state index in [0.29, 0.717) is 11.1 Å². The van der Waals surface area contributed by atoms with E-state index in [-0.39, 0.29) is 18.0 Å². The number of carbonyl (C=O) groups excluding carboxylic acids is 1. The van der Waals surface area contributed by atoms with Gasteiger partial charge in [0.2, 0.25) is 0 Å². The predicted molar refractivity (Wildman–Crippen MR) is 56.0 cm³/mol. The Balaban J connectivity index is 2.13. The van der Waals surface area contributed by atoms with Gasteiger partial charge in [0.25, 0.3) is 0 Å². The normalized spacial score (nSPS) is 10.5. The van der Waals surface area contributed by atoms with Crippen molar-refractivity contribution < 1.29 is 9.53 Å². The van der Waals surface area contributed by atoms with Gasteiger partial charge in [-0.25, -0.2) is 0 Å². The molecule has 0 atom stereocenters. The van der Waals surface area contributed by atoms with E-state index in [1.807, 2.05) is 30.3 Å². The van der Waals surface area contributed by atoms with Crippen LogP contribution in [0.4, 0.5) is 0 Å². The van der Waals surface area contributed by atoms with Gasteiger partial charge in [0.15, 0.2) is 5.43 Å². The Morgan fingerprint density at radius 1 is 1.27 bits per heavy atom. The molecule has 0 aliphatic carbocycles. The maximum Gasteiger partial charge on any atom is 0.302 e. The van der Waals surface area contributed by atoms with Crippen LogP contribution in [0.2, 0.25) is 0 Å². The lowest BCUT2D eigenvalue weighted by Crippen LogP contribution is -1.97. The van der Waals surface area contributed by atoms with Crippen molar-refractivity contribution in [2.75, 3.05) is 0 Å². The molecule has 0 aliphatic rings. The van der Waals surface area contributed by atoms with Gasteiger partial charge in [0, 0.05) is 18.1 Å². The topological polar surface area (TPSA) is 43.4 Å². The van der Waals surface area contributed by atoms with Crippen LogP contribution in [0.1, 0.15) is 12.5 Å². The molecule has 0 heterocycles. The van der Waals surface area contributed by atoms with Gasteiger partial charge in [-0.2, -0.15) is 0 Å². The van der Waals surface area contributed by atoms with Crippen LogP contribution in [0.5, 0.6) is 0 Å². The number of rotatable bonds is 3. The fraction of sp³-hybridized carbons (Fsp3) is 0.167. The van der Waals surface area contributed by atoms with E-state index in [2.05, 4.69) is 0 Å².